The molecule has 0 unspecified atom stereocenters. The molecular formula is C29H27FN4O3. The highest BCUT2D eigenvalue weighted by molar-refractivity contribution is 6.00. The summed E-state index contributed by atoms with van der Waals surface area (Å²) in [6, 6.07) is 21.7. The van der Waals surface area contributed by atoms with Crippen LogP contribution < -0.4 is 9.64 Å². The number of hydrogen-bond donors (Lipinski definition) is 0. The fraction of sp³-hybridized carbons (Fsp3) is 0.207. The molecule has 7 nitrogen and oxygen atoms in total. The smallest absolute Gasteiger partial charge is 0.257 e. The summed E-state index contributed by atoms with van der Waals surface area (Å²) in [5.74, 6) is -0.128. The number of rotatable bonds is 6. The fourth-order valence-corrected chi connectivity index (χ4v) is 4.59. The lowest BCUT2D eigenvalue weighted by atomic mass is 10.1. The lowest BCUT2D eigenvalue weighted by molar-refractivity contribution is 0.0747. The molecule has 1 saturated heterocycles. The Labute approximate surface area is 214 Å². The zero-order valence-electron chi connectivity index (χ0n) is 20.7. The van der Waals surface area contributed by atoms with Gasteiger partial charge in [-0.1, -0.05) is 30.3 Å². The minimum atomic E-state index is -0.435. The molecule has 0 N–H and O–H groups in total. The Morgan fingerprint density at radius 2 is 1.62 bits per heavy atom. The Bertz CT molecular complexity index is 1440. The maximum absolute atomic E-state index is 14.7. The largest absolute Gasteiger partial charge is 0.496 e. The van der Waals surface area contributed by atoms with E-state index in [4.69, 9.17) is 9.84 Å². The van der Waals surface area contributed by atoms with Crippen molar-refractivity contribution in [1.29, 1.82) is 0 Å². The number of piperazine rings is 1. The number of aromatic nitrogens is 2. The molecule has 188 valence electrons. The van der Waals surface area contributed by atoms with Crippen molar-refractivity contribution < 1.29 is 18.7 Å². The Balaban J connectivity index is 1.42. The number of hydrogen-bond acceptors (Lipinski definition) is 5. The summed E-state index contributed by atoms with van der Waals surface area (Å²) in [5.41, 5.74) is 3.36. The van der Waals surface area contributed by atoms with Crippen LogP contribution in [0.2, 0.25) is 0 Å². The first-order valence-corrected chi connectivity index (χ1v) is 12.1. The number of carbonyl (C=O) groups is 2. The predicted octanol–water partition coefficient (Wildman–Crippen LogP) is 4.85. The van der Waals surface area contributed by atoms with Gasteiger partial charge >= 0.3 is 0 Å². The van der Waals surface area contributed by atoms with Crippen LogP contribution in [-0.2, 0) is 0 Å². The summed E-state index contributed by atoms with van der Waals surface area (Å²) in [6.07, 6.45) is 1.76. The monoisotopic (exact) mass is 498 g/mol. The molecule has 1 aromatic heterocycles. The van der Waals surface area contributed by atoms with Gasteiger partial charge in [-0.2, -0.15) is 5.10 Å². The van der Waals surface area contributed by atoms with Gasteiger partial charge in [-0.05, 0) is 49.4 Å². The minimum Gasteiger partial charge on any atom is -0.496 e. The van der Waals surface area contributed by atoms with Crippen LogP contribution in [-0.4, -0.2) is 59.7 Å². The molecule has 0 aliphatic carbocycles. The van der Waals surface area contributed by atoms with E-state index in [1.54, 1.807) is 35.0 Å². The maximum atomic E-state index is 14.7. The maximum Gasteiger partial charge on any atom is 0.257 e. The van der Waals surface area contributed by atoms with Crippen molar-refractivity contribution in [3.63, 3.8) is 0 Å². The van der Waals surface area contributed by atoms with Crippen LogP contribution in [0.4, 0.5) is 10.1 Å². The number of amides is 1. The van der Waals surface area contributed by atoms with Crippen LogP contribution in [0, 0.1) is 5.82 Å². The molecule has 0 saturated carbocycles. The third-order valence-corrected chi connectivity index (χ3v) is 6.59. The van der Waals surface area contributed by atoms with E-state index in [0.29, 0.717) is 54.4 Å². The van der Waals surface area contributed by atoms with E-state index >= 15 is 0 Å². The van der Waals surface area contributed by atoms with Gasteiger partial charge < -0.3 is 14.5 Å². The van der Waals surface area contributed by atoms with E-state index in [9.17, 15) is 14.0 Å². The summed E-state index contributed by atoms with van der Waals surface area (Å²) in [5, 5.41) is 4.77. The van der Waals surface area contributed by atoms with Crippen molar-refractivity contribution in [2.24, 2.45) is 0 Å². The molecule has 5 rings (SSSR count). The highest BCUT2D eigenvalue weighted by Crippen LogP contribution is 2.33. The van der Waals surface area contributed by atoms with Gasteiger partial charge in [0.1, 0.15) is 17.3 Å². The number of methoxy groups -OCH3 is 1. The molecule has 0 bridgehead atoms. The Hall–Kier alpha value is -4.46. The van der Waals surface area contributed by atoms with Gasteiger partial charge in [-0.25, -0.2) is 9.07 Å². The molecule has 0 spiro atoms. The molecule has 1 fully saturated rings. The van der Waals surface area contributed by atoms with E-state index in [1.807, 2.05) is 59.5 Å². The summed E-state index contributed by atoms with van der Waals surface area (Å²) in [6.45, 7) is 3.21. The summed E-state index contributed by atoms with van der Waals surface area (Å²) >= 11 is 0. The average Bonchev–Trinajstić information content (AvgIpc) is 3.38. The van der Waals surface area contributed by atoms with Crippen molar-refractivity contribution in [2.75, 3.05) is 38.2 Å². The number of ether oxygens (including phenoxy) is 1. The highest BCUT2D eigenvalue weighted by Gasteiger charge is 2.28. The van der Waals surface area contributed by atoms with E-state index in [-0.39, 0.29) is 11.7 Å². The number of benzene rings is 3. The molecule has 0 radical (unpaired) electrons. The summed E-state index contributed by atoms with van der Waals surface area (Å²) < 4.78 is 22.0. The topological polar surface area (TPSA) is 67.7 Å². The number of carbonyl (C=O) groups excluding carboxylic acids is 2. The van der Waals surface area contributed by atoms with Crippen LogP contribution in [0.1, 0.15) is 27.6 Å². The second kappa shape index (κ2) is 10.3. The van der Waals surface area contributed by atoms with E-state index in [2.05, 4.69) is 0 Å². The first-order valence-electron chi connectivity index (χ1n) is 12.1. The van der Waals surface area contributed by atoms with Gasteiger partial charge in [-0.3, -0.25) is 9.59 Å². The highest BCUT2D eigenvalue weighted by atomic mass is 19.1. The van der Waals surface area contributed by atoms with Gasteiger partial charge in [0, 0.05) is 43.5 Å². The van der Waals surface area contributed by atoms with Gasteiger partial charge in [0.2, 0.25) is 0 Å². The number of Topliss-reactive ketones (excluding diaryl/α,β-unsaturated/α-hetero) is 1. The Kier molecular flexibility index (Phi) is 6.72. The molecule has 0 atom stereocenters. The lowest BCUT2D eigenvalue weighted by Gasteiger charge is -2.36. The second-order valence-corrected chi connectivity index (χ2v) is 8.87. The van der Waals surface area contributed by atoms with Gasteiger partial charge in [0.05, 0.1) is 24.0 Å². The molecule has 2 heterocycles. The van der Waals surface area contributed by atoms with Crippen LogP contribution in [0.25, 0.3) is 16.9 Å². The molecule has 1 aliphatic heterocycles. The molecule has 3 aromatic carbocycles. The number of halogens is 1. The van der Waals surface area contributed by atoms with Gasteiger partial charge in [-0.15, -0.1) is 0 Å². The lowest BCUT2D eigenvalue weighted by Crippen LogP contribution is -2.49. The first-order chi connectivity index (χ1) is 18.0. The number of para-hydroxylation sites is 2. The Morgan fingerprint density at radius 1 is 0.919 bits per heavy atom. The molecule has 37 heavy (non-hydrogen) atoms. The van der Waals surface area contributed by atoms with Crippen molar-refractivity contribution in [3.05, 3.63) is 95.9 Å². The number of nitrogens with zero attached hydrogens (tertiary/aromatic N) is 4. The third-order valence-electron chi connectivity index (χ3n) is 6.59. The van der Waals surface area contributed by atoms with Gasteiger partial charge in [0.15, 0.2) is 5.78 Å². The standard InChI is InChI=1S/C29H27FN4O3/c1-20(35)21-12-13-26(25(30)18-21)32-14-16-33(17-15-32)29(36)24-19-34(22-8-4-3-5-9-22)31-28(24)23-10-6-7-11-27(23)37-2/h3-13,18-19H,14-17H2,1-2H3. The molecular weight excluding hydrogens is 471 g/mol. The minimum absolute atomic E-state index is 0.143. The quantitative estimate of drug-likeness (QED) is 0.356. The summed E-state index contributed by atoms with van der Waals surface area (Å²) in [4.78, 5) is 29.0. The zero-order chi connectivity index (χ0) is 25.9. The van der Waals surface area contributed by atoms with Crippen LogP contribution in [0.5, 0.6) is 5.75 Å². The van der Waals surface area contributed by atoms with E-state index in [1.165, 1.54) is 13.0 Å². The van der Waals surface area contributed by atoms with Crippen molar-refractivity contribution in [1.82, 2.24) is 14.7 Å². The SMILES string of the molecule is COc1ccccc1-c1nn(-c2ccccc2)cc1C(=O)N1CCN(c2ccc(C(C)=O)cc2F)CC1. The van der Waals surface area contributed by atoms with Crippen molar-refractivity contribution >= 4 is 17.4 Å². The average molecular weight is 499 g/mol. The molecule has 1 aliphatic rings. The van der Waals surface area contributed by atoms with E-state index < -0.39 is 5.82 Å². The normalized spacial score (nSPS) is 13.5. The van der Waals surface area contributed by atoms with Crippen LogP contribution in [0.3, 0.4) is 0 Å². The van der Waals surface area contributed by atoms with Crippen LogP contribution >= 0.6 is 0 Å². The first kappa shape index (κ1) is 24.2. The third kappa shape index (κ3) is 4.82. The zero-order valence-corrected chi connectivity index (χ0v) is 20.7. The number of anilines is 1. The van der Waals surface area contributed by atoms with Crippen molar-refractivity contribution in [3.8, 4) is 22.7 Å². The number of ketones is 1. The van der Waals surface area contributed by atoms with Gasteiger partial charge in [0.25, 0.3) is 5.91 Å². The summed E-state index contributed by atoms with van der Waals surface area (Å²) in [7, 11) is 1.59. The molecule has 8 heteroatoms. The second-order valence-electron chi connectivity index (χ2n) is 8.87. The Morgan fingerprint density at radius 3 is 2.30 bits per heavy atom. The molecule has 4 aromatic rings. The van der Waals surface area contributed by atoms with Crippen LogP contribution in [0.15, 0.2) is 79.0 Å². The van der Waals surface area contributed by atoms with Crippen molar-refractivity contribution in [2.45, 2.75) is 6.92 Å². The predicted molar refractivity (Wildman–Crippen MR) is 140 cm³/mol. The molecule has 1 amide bonds. The fourth-order valence-electron chi connectivity index (χ4n) is 4.59. The van der Waals surface area contributed by atoms with E-state index in [0.717, 1.165) is 11.3 Å².